The summed E-state index contributed by atoms with van der Waals surface area (Å²) in [5, 5.41) is 0. The van der Waals surface area contributed by atoms with E-state index in [1.165, 1.54) is 11.1 Å². The molecule has 0 bridgehead atoms. The van der Waals surface area contributed by atoms with Gasteiger partial charge in [0.2, 0.25) is 0 Å². The number of hydrogen-bond donors (Lipinski definition) is 0. The fourth-order valence-corrected chi connectivity index (χ4v) is 4.13. The van der Waals surface area contributed by atoms with Crippen LogP contribution in [0, 0.1) is 11.8 Å². The van der Waals surface area contributed by atoms with E-state index in [-0.39, 0.29) is 23.9 Å². The molecule has 4 atom stereocenters. The second kappa shape index (κ2) is 6.67. The Morgan fingerprint density at radius 1 is 0.783 bits per heavy atom. The van der Waals surface area contributed by atoms with E-state index in [2.05, 4.69) is 74.2 Å². The number of nitrogens with zero attached hydrogens (tertiary/aromatic N) is 1. The topological polar surface area (TPSA) is 20.3 Å². The minimum atomic E-state index is 0.0207. The molecule has 0 amide bonds. The zero-order valence-corrected chi connectivity index (χ0v) is 14.1. The summed E-state index contributed by atoms with van der Waals surface area (Å²) in [7, 11) is 0. The largest absolute Gasteiger partial charge is 0.299 e. The van der Waals surface area contributed by atoms with Crippen molar-refractivity contribution in [3.05, 3.63) is 71.8 Å². The lowest BCUT2D eigenvalue weighted by molar-refractivity contribution is -0.137. The lowest BCUT2D eigenvalue weighted by atomic mass is 9.74. The first kappa shape index (κ1) is 15.9. The first-order valence-corrected chi connectivity index (χ1v) is 8.54. The van der Waals surface area contributed by atoms with Crippen LogP contribution in [-0.4, -0.2) is 17.2 Å². The van der Waals surface area contributed by atoms with Crippen molar-refractivity contribution in [1.29, 1.82) is 0 Å². The van der Waals surface area contributed by atoms with Gasteiger partial charge in [-0.25, -0.2) is 0 Å². The summed E-state index contributed by atoms with van der Waals surface area (Å²) < 4.78 is 0. The van der Waals surface area contributed by atoms with Crippen LogP contribution in [0.3, 0.4) is 0 Å². The van der Waals surface area contributed by atoms with Gasteiger partial charge in [0.1, 0.15) is 5.78 Å². The lowest BCUT2D eigenvalue weighted by Crippen LogP contribution is -2.49. The number of carbonyl (C=O) groups excluding carboxylic acids is 1. The van der Waals surface area contributed by atoms with Crippen molar-refractivity contribution in [2.75, 3.05) is 6.54 Å². The van der Waals surface area contributed by atoms with Gasteiger partial charge in [0.25, 0.3) is 0 Å². The third-order valence-electron chi connectivity index (χ3n) is 5.21. The molecule has 0 aromatic heterocycles. The minimum Gasteiger partial charge on any atom is -0.299 e. The number of rotatable bonds is 3. The van der Waals surface area contributed by atoms with Crippen LogP contribution in [0.4, 0.5) is 0 Å². The van der Waals surface area contributed by atoms with Crippen molar-refractivity contribution in [2.24, 2.45) is 11.8 Å². The van der Waals surface area contributed by atoms with Crippen molar-refractivity contribution in [3.8, 4) is 0 Å². The standard InChI is InChI=1S/C21H25NO/c1-4-22-19(17-11-7-5-8-12-17)15(2)21(23)16(3)20(22)18-13-9-6-10-14-18/h5-16,19-20H,4H2,1-3H3/t15-,16-,19-,20-/m1/s1. The fraction of sp³-hybridized carbons (Fsp3) is 0.381. The Hall–Kier alpha value is -1.93. The van der Waals surface area contributed by atoms with Gasteiger partial charge >= 0.3 is 0 Å². The van der Waals surface area contributed by atoms with E-state index >= 15 is 0 Å². The second-order valence-electron chi connectivity index (χ2n) is 6.52. The first-order chi connectivity index (χ1) is 11.1. The zero-order chi connectivity index (χ0) is 16.4. The molecule has 120 valence electrons. The molecule has 0 N–H and O–H groups in total. The minimum absolute atomic E-state index is 0.0207. The zero-order valence-electron chi connectivity index (χ0n) is 14.1. The van der Waals surface area contributed by atoms with E-state index in [0.29, 0.717) is 5.78 Å². The van der Waals surface area contributed by atoms with Crippen LogP contribution in [0.25, 0.3) is 0 Å². The molecule has 0 aliphatic carbocycles. The van der Waals surface area contributed by atoms with Gasteiger partial charge in [0.15, 0.2) is 0 Å². The number of hydrogen-bond acceptors (Lipinski definition) is 2. The average molecular weight is 307 g/mol. The smallest absolute Gasteiger partial charge is 0.142 e. The molecule has 0 unspecified atom stereocenters. The maximum absolute atomic E-state index is 12.9. The van der Waals surface area contributed by atoms with Crippen LogP contribution in [0.5, 0.6) is 0 Å². The number of Topliss-reactive ketones (excluding diaryl/α,β-unsaturated/α-hetero) is 1. The third-order valence-corrected chi connectivity index (χ3v) is 5.21. The van der Waals surface area contributed by atoms with E-state index in [1.54, 1.807) is 0 Å². The molecule has 1 aliphatic heterocycles. The summed E-state index contributed by atoms with van der Waals surface area (Å²) in [6.45, 7) is 7.29. The summed E-state index contributed by atoms with van der Waals surface area (Å²) in [6.07, 6.45) is 0. The Morgan fingerprint density at radius 2 is 1.17 bits per heavy atom. The normalized spacial score (nSPS) is 28.7. The highest BCUT2D eigenvalue weighted by atomic mass is 16.1. The average Bonchev–Trinajstić information content (AvgIpc) is 2.61. The molecule has 2 nitrogen and oxygen atoms in total. The van der Waals surface area contributed by atoms with Crippen molar-refractivity contribution in [3.63, 3.8) is 0 Å². The molecule has 1 fully saturated rings. The Kier molecular flexibility index (Phi) is 4.63. The molecule has 1 heterocycles. The van der Waals surface area contributed by atoms with E-state index in [4.69, 9.17) is 0 Å². The Labute approximate surface area is 139 Å². The van der Waals surface area contributed by atoms with Crippen LogP contribution in [0.2, 0.25) is 0 Å². The molecule has 0 radical (unpaired) electrons. The molecule has 0 spiro atoms. The van der Waals surface area contributed by atoms with Gasteiger partial charge < -0.3 is 0 Å². The van der Waals surface area contributed by atoms with Crippen LogP contribution >= 0.6 is 0 Å². The maximum atomic E-state index is 12.9. The van der Waals surface area contributed by atoms with Gasteiger partial charge in [0, 0.05) is 23.9 Å². The quantitative estimate of drug-likeness (QED) is 0.823. The summed E-state index contributed by atoms with van der Waals surface area (Å²) in [6, 6.07) is 21.2. The third kappa shape index (κ3) is 2.84. The Balaban J connectivity index is 2.07. The highest BCUT2D eigenvalue weighted by molar-refractivity contribution is 5.85. The Morgan fingerprint density at radius 3 is 1.52 bits per heavy atom. The predicted octanol–water partition coefficient (Wildman–Crippen LogP) is 4.65. The van der Waals surface area contributed by atoms with E-state index in [9.17, 15) is 4.79 Å². The monoisotopic (exact) mass is 307 g/mol. The van der Waals surface area contributed by atoms with Gasteiger partial charge in [0.05, 0.1) is 0 Å². The Bertz CT molecular complexity index is 597. The first-order valence-electron chi connectivity index (χ1n) is 8.54. The number of piperidine rings is 1. The number of benzene rings is 2. The summed E-state index contributed by atoms with van der Waals surface area (Å²) >= 11 is 0. The van der Waals surface area contributed by atoms with Crippen LogP contribution in [-0.2, 0) is 4.79 Å². The molecular weight excluding hydrogens is 282 g/mol. The summed E-state index contributed by atoms with van der Waals surface area (Å²) in [4.78, 5) is 15.4. The summed E-state index contributed by atoms with van der Waals surface area (Å²) in [5.41, 5.74) is 2.48. The van der Waals surface area contributed by atoms with Crippen molar-refractivity contribution >= 4 is 5.78 Å². The van der Waals surface area contributed by atoms with Gasteiger partial charge in [-0.1, -0.05) is 81.4 Å². The molecule has 0 saturated carbocycles. The van der Waals surface area contributed by atoms with E-state index in [0.717, 1.165) is 6.54 Å². The van der Waals surface area contributed by atoms with Crippen molar-refractivity contribution in [2.45, 2.75) is 32.9 Å². The lowest BCUT2D eigenvalue weighted by Gasteiger charge is -2.48. The second-order valence-corrected chi connectivity index (χ2v) is 6.52. The highest BCUT2D eigenvalue weighted by Crippen LogP contribution is 2.45. The predicted molar refractivity (Wildman–Crippen MR) is 94.1 cm³/mol. The molecular formula is C21H25NO. The van der Waals surface area contributed by atoms with Gasteiger partial charge in [-0.2, -0.15) is 0 Å². The van der Waals surface area contributed by atoms with E-state index in [1.807, 2.05) is 12.1 Å². The summed E-state index contributed by atoms with van der Waals surface area (Å²) in [5.74, 6) is 0.414. The maximum Gasteiger partial charge on any atom is 0.142 e. The number of likely N-dealkylation sites (tertiary alicyclic amines) is 1. The number of carbonyl (C=O) groups is 1. The van der Waals surface area contributed by atoms with Crippen molar-refractivity contribution < 1.29 is 4.79 Å². The molecule has 2 aromatic carbocycles. The van der Waals surface area contributed by atoms with Crippen LogP contribution in [0.15, 0.2) is 60.7 Å². The van der Waals surface area contributed by atoms with Gasteiger partial charge in [-0.3, -0.25) is 9.69 Å². The van der Waals surface area contributed by atoms with Crippen LogP contribution < -0.4 is 0 Å². The van der Waals surface area contributed by atoms with Crippen molar-refractivity contribution in [1.82, 2.24) is 4.90 Å². The van der Waals surface area contributed by atoms with Gasteiger partial charge in [-0.15, -0.1) is 0 Å². The molecule has 2 aromatic rings. The number of ketones is 1. The molecule has 1 aliphatic rings. The molecule has 2 heteroatoms. The van der Waals surface area contributed by atoms with Crippen LogP contribution in [0.1, 0.15) is 44.0 Å². The molecule has 1 saturated heterocycles. The molecule has 3 rings (SSSR count). The fourth-order valence-electron chi connectivity index (χ4n) is 4.13. The molecule has 23 heavy (non-hydrogen) atoms. The SMILES string of the molecule is CCN1[C@@H](c2ccccc2)[C@@H](C)C(=O)[C@H](C)[C@@H]1c1ccccc1. The van der Waals surface area contributed by atoms with Gasteiger partial charge in [-0.05, 0) is 17.7 Å². The highest BCUT2D eigenvalue weighted by Gasteiger charge is 2.45. The van der Waals surface area contributed by atoms with E-state index < -0.39 is 0 Å².